The van der Waals surface area contributed by atoms with Gasteiger partial charge in [-0.05, 0) is 30.7 Å². The molecule has 0 aromatic heterocycles. The molecule has 0 saturated heterocycles. The van der Waals surface area contributed by atoms with E-state index in [2.05, 4.69) is 0 Å². The van der Waals surface area contributed by atoms with Crippen molar-refractivity contribution in [1.29, 1.82) is 0 Å². The van der Waals surface area contributed by atoms with Gasteiger partial charge in [-0.3, -0.25) is 14.5 Å². The molecule has 0 spiro atoms. The third kappa shape index (κ3) is 3.26. The first-order valence-corrected chi connectivity index (χ1v) is 8.06. The molecule has 128 valence electrons. The van der Waals surface area contributed by atoms with Crippen LogP contribution in [-0.2, 0) is 16.1 Å². The summed E-state index contributed by atoms with van der Waals surface area (Å²) >= 11 is 0. The minimum absolute atomic E-state index is 0.207. The number of nitrogens with zero attached hydrogens (tertiary/aromatic N) is 1. The Morgan fingerprint density at radius 1 is 1.00 bits per heavy atom. The maximum atomic E-state index is 12.9. The van der Waals surface area contributed by atoms with Crippen LogP contribution in [0.5, 0.6) is 5.75 Å². The fourth-order valence-corrected chi connectivity index (χ4v) is 2.75. The molecule has 2 aromatic rings. The first-order chi connectivity index (χ1) is 12.2. The Morgan fingerprint density at radius 3 is 2.44 bits per heavy atom. The molecule has 5 nitrogen and oxygen atoms in total. The summed E-state index contributed by atoms with van der Waals surface area (Å²) in [6.45, 7) is 2.49. The molecule has 0 aliphatic carbocycles. The van der Waals surface area contributed by atoms with Crippen LogP contribution in [0.2, 0.25) is 0 Å². The van der Waals surface area contributed by atoms with E-state index in [1.165, 1.54) is 11.2 Å². The van der Waals surface area contributed by atoms with Gasteiger partial charge in [0.2, 0.25) is 0 Å². The number of hydrogen-bond donors (Lipinski definition) is 0. The van der Waals surface area contributed by atoms with Crippen LogP contribution in [0.1, 0.15) is 28.4 Å². The molecule has 1 aliphatic rings. The zero-order chi connectivity index (χ0) is 17.8. The lowest BCUT2D eigenvalue weighted by Gasteiger charge is -2.28. The Bertz CT molecular complexity index is 827. The van der Waals surface area contributed by atoms with Gasteiger partial charge in [-0.15, -0.1) is 0 Å². The van der Waals surface area contributed by atoms with Gasteiger partial charge in [-0.1, -0.05) is 30.3 Å². The van der Waals surface area contributed by atoms with Crippen LogP contribution in [0.3, 0.4) is 0 Å². The molecule has 0 radical (unpaired) electrons. The second kappa shape index (κ2) is 7.21. The lowest BCUT2D eigenvalue weighted by atomic mass is 9.93. The van der Waals surface area contributed by atoms with Crippen LogP contribution in [0.15, 0.2) is 54.8 Å². The average Bonchev–Trinajstić information content (AvgIpc) is 2.65. The van der Waals surface area contributed by atoms with E-state index in [9.17, 15) is 9.59 Å². The largest absolute Gasteiger partial charge is 0.501 e. The van der Waals surface area contributed by atoms with Crippen LogP contribution in [-0.4, -0.2) is 30.4 Å². The molecule has 2 aromatic carbocycles. The molecule has 25 heavy (non-hydrogen) atoms. The lowest BCUT2D eigenvalue weighted by Crippen LogP contribution is -2.41. The van der Waals surface area contributed by atoms with E-state index in [-0.39, 0.29) is 18.4 Å². The predicted octanol–water partition coefficient (Wildman–Crippen LogP) is 3.26. The third-order valence-electron chi connectivity index (χ3n) is 4.02. The Kier molecular flexibility index (Phi) is 4.84. The van der Waals surface area contributed by atoms with Gasteiger partial charge in [0, 0.05) is 5.56 Å². The van der Waals surface area contributed by atoms with Crippen LogP contribution < -0.4 is 4.74 Å². The van der Waals surface area contributed by atoms with Crippen molar-refractivity contribution in [2.75, 3.05) is 13.7 Å². The maximum absolute atomic E-state index is 12.9. The van der Waals surface area contributed by atoms with E-state index in [1.54, 1.807) is 25.3 Å². The molecule has 0 fully saturated rings. The molecule has 5 heteroatoms. The summed E-state index contributed by atoms with van der Waals surface area (Å²) in [6.07, 6.45) is 1.43. The summed E-state index contributed by atoms with van der Waals surface area (Å²) in [5.41, 5.74) is 2.25. The fraction of sp³-hybridized carbons (Fsp3) is 0.200. The van der Waals surface area contributed by atoms with E-state index in [0.29, 0.717) is 29.1 Å². The summed E-state index contributed by atoms with van der Waals surface area (Å²) in [7, 11) is 1.54. The second-order valence-electron chi connectivity index (χ2n) is 5.58. The number of imide groups is 1. The SMILES string of the molecule is CCO/C=C1/C(=O)N(Cc2ccccc2)C(=O)c2cc(OC)ccc21. The molecule has 0 saturated carbocycles. The van der Waals surface area contributed by atoms with Gasteiger partial charge >= 0.3 is 0 Å². The number of amides is 2. The molecule has 1 heterocycles. The number of fused-ring (bicyclic) bond motifs is 1. The summed E-state index contributed by atoms with van der Waals surface area (Å²) in [5.74, 6) is -0.131. The second-order valence-corrected chi connectivity index (χ2v) is 5.58. The zero-order valence-electron chi connectivity index (χ0n) is 14.2. The highest BCUT2D eigenvalue weighted by molar-refractivity contribution is 6.30. The highest BCUT2D eigenvalue weighted by Crippen LogP contribution is 2.32. The molecule has 1 aliphatic heterocycles. The summed E-state index contributed by atoms with van der Waals surface area (Å²) in [6, 6.07) is 14.5. The number of carbonyl (C=O) groups is 2. The first kappa shape index (κ1) is 16.8. The fourth-order valence-electron chi connectivity index (χ4n) is 2.75. The normalized spacial score (nSPS) is 15.3. The van der Waals surface area contributed by atoms with Crippen molar-refractivity contribution < 1.29 is 19.1 Å². The predicted molar refractivity (Wildman–Crippen MR) is 93.9 cm³/mol. The van der Waals surface area contributed by atoms with E-state index < -0.39 is 0 Å². The highest BCUT2D eigenvalue weighted by atomic mass is 16.5. The molecule has 0 bridgehead atoms. The minimum atomic E-state index is -0.361. The summed E-state index contributed by atoms with van der Waals surface area (Å²) < 4.78 is 10.6. The Balaban J connectivity index is 2.06. The topological polar surface area (TPSA) is 55.8 Å². The highest BCUT2D eigenvalue weighted by Gasteiger charge is 2.35. The van der Waals surface area contributed by atoms with Gasteiger partial charge in [-0.2, -0.15) is 0 Å². The van der Waals surface area contributed by atoms with Crippen LogP contribution in [0, 0.1) is 0 Å². The van der Waals surface area contributed by atoms with Gasteiger partial charge < -0.3 is 9.47 Å². The molecular weight excluding hydrogens is 318 g/mol. The number of ether oxygens (including phenoxy) is 2. The van der Waals surface area contributed by atoms with Crippen molar-refractivity contribution in [2.24, 2.45) is 0 Å². The van der Waals surface area contributed by atoms with Gasteiger partial charge in [0.1, 0.15) is 5.75 Å². The van der Waals surface area contributed by atoms with E-state index in [4.69, 9.17) is 9.47 Å². The Morgan fingerprint density at radius 2 is 1.76 bits per heavy atom. The standard InChI is InChI=1S/C20H19NO4/c1-3-25-13-18-16-10-9-15(24-2)11-17(16)19(22)21(20(18)23)12-14-7-5-4-6-8-14/h4-11,13H,3,12H2,1-2H3/b18-13+. The maximum Gasteiger partial charge on any atom is 0.264 e. The molecular formula is C20H19NO4. The minimum Gasteiger partial charge on any atom is -0.501 e. The molecule has 3 rings (SSSR count). The van der Waals surface area contributed by atoms with Gasteiger partial charge in [0.15, 0.2) is 0 Å². The quantitative estimate of drug-likeness (QED) is 0.477. The molecule has 0 N–H and O–H groups in total. The summed E-state index contributed by atoms with van der Waals surface area (Å²) in [5, 5.41) is 0. The number of hydrogen-bond acceptors (Lipinski definition) is 4. The van der Waals surface area contributed by atoms with Gasteiger partial charge in [-0.25, -0.2) is 0 Å². The first-order valence-electron chi connectivity index (χ1n) is 8.06. The van der Waals surface area contributed by atoms with E-state index in [0.717, 1.165) is 5.56 Å². The van der Waals surface area contributed by atoms with Gasteiger partial charge in [0.05, 0.1) is 37.7 Å². The van der Waals surface area contributed by atoms with Crippen LogP contribution in [0.25, 0.3) is 5.57 Å². The lowest BCUT2D eigenvalue weighted by molar-refractivity contribution is -0.123. The number of carbonyl (C=O) groups excluding carboxylic acids is 2. The molecule has 2 amide bonds. The smallest absolute Gasteiger partial charge is 0.264 e. The van der Waals surface area contributed by atoms with Crippen LogP contribution in [0.4, 0.5) is 0 Å². The van der Waals surface area contributed by atoms with Crippen molar-refractivity contribution in [1.82, 2.24) is 4.90 Å². The summed E-state index contributed by atoms with van der Waals surface area (Å²) in [4.78, 5) is 27.0. The van der Waals surface area contributed by atoms with E-state index in [1.807, 2.05) is 37.3 Å². The average molecular weight is 337 g/mol. The zero-order valence-corrected chi connectivity index (χ0v) is 14.2. The number of methoxy groups -OCH3 is 1. The van der Waals surface area contributed by atoms with Crippen molar-refractivity contribution >= 4 is 17.4 Å². The number of benzene rings is 2. The van der Waals surface area contributed by atoms with E-state index >= 15 is 0 Å². The monoisotopic (exact) mass is 337 g/mol. The van der Waals surface area contributed by atoms with Crippen molar-refractivity contribution in [3.05, 3.63) is 71.5 Å². The van der Waals surface area contributed by atoms with Crippen molar-refractivity contribution in [3.8, 4) is 5.75 Å². The number of rotatable bonds is 5. The molecule has 0 atom stereocenters. The van der Waals surface area contributed by atoms with Crippen molar-refractivity contribution in [3.63, 3.8) is 0 Å². The van der Waals surface area contributed by atoms with Gasteiger partial charge in [0.25, 0.3) is 11.8 Å². The van der Waals surface area contributed by atoms with Crippen LogP contribution >= 0.6 is 0 Å². The Labute approximate surface area is 146 Å². The third-order valence-corrected chi connectivity index (χ3v) is 4.02. The molecule has 0 unspecified atom stereocenters. The Hall–Kier alpha value is -3.08. The van der Waals surface area contributed by atoms with Crippen molar-refractivity contribution in [2.45, 2.75) is 13.5 Å².